The largest absolute Gasteiger partial charge is 0.333 e. The van der Waals surface area contributed by atoms with Crippen molar-refractivity contribution in [2.24, 2.45) is 4.99 Å². The molecule has 1 unspecified atom stereocenters. The fourth-order valence-electron chi connectivity index (χ4n) is 2.32. The summed E-state index contributed by atoms with van der Waals surface area (Å²) in [6, 6.07) is 15.7. The van der Waals surface area contributed by atoms with Crippen molar-refractivity contribution in [1.82, 2.24) is 0 Å². The van der Waals surface area contributed by atoms with Gasteiger partial charge >= 0.3 is 0 Å². The van der Waals surface area contributed by atoms with Crippen LogP contribution in [0.3, 0.4) is 0 Å². The molecule has 0 fully saturated rings. The smallest absolute Gasteiger partial charge is 0.161 e. The van der Waals surface area contributed by atoms with Crippen molar-refractivity contribution in [3.63, 3.8) is 0 Å². The van der Waals surface area contributed by atoms with Crippen molar-refractivity contribution in [3.8, 4) is 0 Å². The van der Waals surface area contributed by atoms with Crippen molar-refractivity contribution in [1.29, 1.82) is 0 Å². The van der Waals surface area contributed by atoms with Crippen LogP contribution in [-0.2, 0) is 6.42 Å². The number of aliphatic imine (C=N–C) groups is 1. The van der Waals surface area contributed by atoms with E-state index in [0.29, 0.717) is 5.69 Å². The van der Waals surface area contributed by atoms with Crippen molar-refractivity contribution in [2.75, 3.05) is 11.1 Å². The second-order valence-electron chi connectivity index (χ2n) is 5.20. The molecule has 0 aromatic heterocycles. The zero-order valence-corrected chi connectivity index (χ0v) is 12.7. The Labute approximate surface area is 128 Å². The van der Waals surface area contributed by atoms with Gasteiger partial charge in [-0.05, 0) is 36.6 Å². The van der Waals surface area contributed by atoms with Gasteiger partial charge in [0.1, 0.15) is 5.82 Å². The van der Waals surface area contributed by atoms with E-state index in [4.69, 9.17) is 0 Å². The first kappa shape index (κ1) is 14.1. The SMILES string of the molecule is Cc1ccc(F)c(NC2=NC(Cc3ccccc3)CS2)c1. The fraction of sp³-hybridized carbons (Fsp3) is 0.235. The minimum Gasteiger partial charge on any atom is -0.333 e. The summed E-state index contributed by atoms with van der Waals surface area (Å²) in [5.41, 5.74) is 2.82. The van der Waals surface area contributed by atoms with Crippen LogP contribution in [0.15, 0.2) is 53.5 Å². The lowest BCUT2D eigenvalue weighted by Gasteiger charge is -2.07. The Morgan fingerprint density at radius 3 is 2.86 bits per heavy atom. The van der Waals surface area contributed by atoms with Gasteiger partial charge in [0, 0.05) is 5.75 Å². The highest BCUT2D eigenvalue weighted by molar-refractivity contribution is 8.14. The van der Waals surface area contributed by atoms with E-state index in [9.17, 15) is 4.39 Å². The topological polar surface area (TPSA) is 24.4 Å². The molecular formula is C17H17FN2S. The van der Waals surface area contributed by atoms with Crippen LogP contribution in [-0.4, -0.2) is 17.0 Å². The quantitative estimate of drug-likeness (QED) is 0.916. The molecule has 1 heterocycles. The van der Waals surface area contributed by atoms with Gasteiger partial charge in [0.2, 0.25) is 0 Å². The third kappa shape index (κ3) is 3.64. The Balaban J connectivity index is 1.67. The number of nitrogens with one attached hydrogen (secondary N) is 1. The lowest BCUT2D eigenvalue weighted by atomic mass is 10.1. The molecule has 1 N–H and O–H groups in total. The van der Waals surface area contributed by atoms with Gasteiger partial charge in [-0.1, -0.05) is 48.2 Å². The molecule has 2 aromatic carbocycles. The van der Waals surface area contributed by atoms with E-state index >= 15 is 0 Å². The summed E-state index contributed by atoms with van der Waals surface area (Å²) in [5.74, 6) is 0.695. The highest BCUT2D eigenvalue weighted by Crippen LogP contribution is 2.24. The predicted octanol–water partition coefficient (Wildman–Crippen LogP) is 4.26. The number of thioether (sulfide) groups is 1. The molecule has 0 saturated carbocycles. The summed E-state index contributed by atoms with van der Waals surface area (Å²) < 4.78 is 13.7. The molecule has 1 aliphatic rings. The average molecular weight is 300 g/mol. The molecule has 21 heavy (non-hydrogen) atoms. The number of benzene rings is 2. The summed E-state index contributed by atoms with van der Waals surface area (Å²) in [6.07, 6.45) is 0.926. The van der Waals surface area contributed by atoms with E-state index in [1.807, 2.05) is 31.2 Å². The number of hydrogen-bond donors (Lipinski definition) is 1. The first-order chi connectivity index (χ1) is 10.2. The van der Waals surface area contributed by atoms with Gasteiger partial charge in [-0.15, -0.1) is 0 Å². The van der Waals surface area contributed by atoms with Gasteiger partial charge in [-0.3, -0.25) is 4.99 Å². The van der Waals surface area contributed by atoms with E-state index in [0.717, 1.165) is 22.9 Å². The molecule has 0 saturated heterocycles. The normalized spacial score (nSPS) is 17.6. The van der Waals surface area contributed by atoms with Crippen molar-refractivity contribution in [2.45, 2.75) is 19.4 Å². The summed E-state index contributed by atoms with van der Waals surface area (Å²) in [4.78, 5) is 4.65. The minimum atomic E-state index is -0.240. The number of anilines is 1. The molecule has 0 bridgehead atoms. The number of halogens is 1. The van der Waals surface area contributed by atoms with E-state index in [-0.39, 0.29) is 11.9 Å². The maximum atomic E-state index is 13.7. The molecule has 2 aromatic rings. The molecule has 0 spiro atoms. The summed E-state index contributed by atoms with van der Waals surface area (Å²) in [5, 5.41) is 3.91. The molecule has 0 aliphatic carbocycles. The number of nitrogens with zero attached hydrogens (tertiary/aromatic N) is 1. The lowest BCUT2D eigenvalue weighted by molar-refractivity contribution is 0.632. The van der Waals surface area contributed by atoms with Gasteiger partial charge in [-0.25, -0.2) is 4.39 Å². The first-order valence-electron chi connectivity index (χ1n) is 6.98. The van der Waals surface area contributed by atoms with E-state index < -0.39 is 0 Å². The van der Waals surface area contributed by atoms with Crippen LogP contribution in [0, 0.1) is 12.7 Å². The van der Waals surface area contributed by atoms with Crippen LogP contribution >= 0.6 is 11.8 Å². The van der Waals surface area contributed by atoms with Gasteiger partial charge in [0.05, 0.1) is 11.7 Å². The maximum Gasteiger partial charge on any atom is 0.161 e. The molecule has 4 heteroatoms. The second kappa shape index (κ2) is 6.31. The molecule has 2 nitrogen and oxygen atoms in total. The molecular weight excluding hydrogens is 283 g/mol. The average Bonchev–Trinajstić information content (AvgIpc) is 2.91. The molecule has 1 aliphatic heterocycles. The standard InChI is InChI=1S/C17H17FN2S/c1-12-7-8-15(18)16(9-12)20-17-19-14(11-21-17)10-13-5-3-2-4-6-13/h2-9,14H,10-11H2,1H3,(H,19,20). The molecule has 1 atom stereocenters. The lowest BCUT2D eigenvalue weighted by Crippen LogP contribution is -2.09. The Morgan fingerprint density at radius 2 is 2.05 bits per heavy atom. The predicted molar refractivity (Wildman–Crippen MR) is 88.6 cm³/mol. The van der Waals surface area contributed by atoms with Crippen molar-refractivity contribution >= 4 is 22.6 Å². The fourth-order valence-corrected chi connectivity index (χ4v) is 3.27. The molecule has 3 rings (SSSR count). The van der Waals surface area contributed by atoms with Crippen molar-refractivity contribution < 1.29 is 4.39 Å². The summed E-state index contributed by atoms with van der Waals surface area (Å²) in [6.45, 7) is 1.95. The third-order valence-electron chi connectivity index (χ3n) is 3.39. The van der Waals surface area contributed by atoms with Gasteiger partial charge in [0.25, 0.3) is 0 Å². The summed E-state index contributed by atoms with van der Waals surface area (Å²) in [7, 11) is 0. The van der Waals surface area contributed by atoms with Crippen molar-refractivity contribution in [3.05, 3.63) is 65.5 Å². The zero-order chi connectivity index (χ0) is 14.7. The van der Waals surface area contributed by atoms with Crippen LogP contribution < -0.4 is 5.32 Å². The van der Waals surface area contributed by atoms with Crippen LogP contribution in [0.2, 0.25) is 0 Å². The van der Waals surface area contributed by atoms with Crippen LogP contribution in [0.1, 0.15) is 11.1 Å². The number of rotatable bonds is 3. The third-order valence-corrected chi connectivity index (χ3v) is 4.42. The van der Waals surface area contributed by atoms with Crippen LogP contribution in [0.4, 0.5) is 10.1 Å². The minimum absolute atomic E-state index is 0.240. The van der Waals surface area contributed by atoms with Gasteiger partial charge in [0.15, 0.2) is 5.17 Å². The maximum absolute atomic E-state index is 13.7. The highest BCUT2D eigenvalue weighted by atomic mass is 32.2. The number of aryl methyl sites for hydroxylation is 1. The van der Waals surface area contributed by atoms with E-state index in [2.05, 4.69) is 22.4 Å². The Bertz CT molecular complexity index is 655. The zero-order valence-electron chi connectivity index (χ0n) is 11.8. The molecule has 0 radical (unpaired) electrons. The van der Waals surface area contributed by atoms with Gasteiger partial charge < -0.3 is 5.32 Å². The Kier molecular flexibility index (Phi) is 4.25. The Morgan fingerprint density at radius 1 is 1.24 bits per heavy atom. The van der Waals surface area contributed by atoms with Crippen LogP contribution in [0.25, 0.3) is 0 Å². The van der Waals surface area contributed by atoms with Crippen LogP contribution in [0.5, 0.6) is 0 Å². The highest BCUT2D eigenvalue weighted by Gasteiger charge is 2.19. The number of amidine groups is 1. The molecule has 0 amide bonds. The number of hydrogen-bond acceptors (Lipinski definition) is 3. The molecule has 108 valence electrons. The first-order valence-corrected chi connectivity index (χ1v) is 7.97. The monoisotopic (exact) mass is 300 g/mol. The van der Waals surface area contributed by atoms with E-state index in [1.54, 1.807) is 17.8 Å². The summed E-state index contributed by atoms with van der Waals surface area (Å²) >= 11 is 1.65. The Hall–Kier alpha value is -1.81. The second-order valence-corrected chi connectivity index (χ2v) is 6.21. The van der Waals surface area contributed by atoms with E-state index in [1.165, 1.54) is 11.6 Å². The van der Waals surface area contributed by atoms with Gasteiger partial charge in [-0.2, -0.15) is 0 Å².